The van der Waals surface area contributed by atoms with Gasteiger partial charge >= 0.3 is 0 Å². The molecule has 1 aromatic carbocycles. The molecule has 5 heteroatoms. The monoisotopic (exact) mass is 267 g/mol. The van der Waals surface area contributed by atoms with Gasteiger partial charge in [0, 0.05) is 0 Å². The summed E-state index contributed by atoms with van der Waals surface area (Å²) in [6, 6.07) is 3.90. The predicted molar refractivity (Wildman–Crippen MR) is 51.6 cm³/mol. The maximum absolute atomic E-state index is 13.0. The molecule has 0 bridgehead atoms. The average Bonchev–Trinajstić information content (AvgIpc) is 2.09. The zero-order valence-corrected chi connectivity index (χ0v) is 8.98. The lowest BCUT2D eigenvalue weighted by molar-refractivity contribution is 0.0619. The first kappa shape index (κ1) is 11.5. The number of benzene rings is 1. The molecule has 1 aromatic rings. The van der Waals surface area contributed by atoms with E-state index in [9.17, 15) is 13.2 Å². The van der Waals surface area contributed by atoms with Gasteiger partial charge in [-0.05, 0) is 34.5 Å². The van der Waals surface area contributed by atoms with Gasteiger partial charge in [0.05, 0.1) is 4.47 Å². The number of halogens is 4. The highest BCUT2D eigenvalue weighted by Gasteiger charge is 2.34. The summed E-state index contributed by atoms with van der Waals surface area (Å²) < 4.78 is 38.1. The number of hydrogen-bond donors (Lipinski definition) is 1. The summed E-state index contributed by atoms with van der Waals surface area (Å²) in [5, 5.41) is 0. The van der Waals surface area contributed by atoms with Gasteiger partial charge in [-0.2, -0.15) is 0 Å². The minimum absolute atomic E-state index is 0.00898. The molecular weight excluding hydrogens is 259 g/mol. The summed E-state index contributed by atoms with van der Waals surface area (Å²) in [5.74, 6) is -0.597. The van der Waals surface area contributed by atoms with Gasteiger partial charge < -0.3 is 5.73 Å². The van der Waals surface area contributed by atoms with Gasteiger partial charge in [0.25, 0.3) is 6.43 Å². The van der Waals surface area contributed by atoms with E-state index in [1.165, 1.54) is 18.2 Å². The fourth-order valence-electron chi connectivity index (χ4n) is 1.04. The maximum Gasteiger partial charge on any atom is 0.260 e. The summed E-state index contributed by atoms with van der Waals surface area (Å²) in [7, 11) is 0. The molecule has 0 aliphatic heterocycles. The molecule has 1 unspecified atom stereocenters. The molecule has 0 aliphatic rings. The minimum atomic E-state index is -2.75. The van der Waals surface area contributed by atoms with Gasteiger partial charge in [-0.15, -0.1) is 0 Å². The lowest BCUT2D eigenvalue weighted by Crippen LogP contribution is -2.41. The molecule has 0 spiro atoms. The normalized spacial score (nSPS) is 15.6. The molecule has 0 radical (unpaired) electrons. The van der Waals surface area contributed by atoms with E-state index in [2.05, 4.69) is 15.9 Å². The SMILES string of the molecule is CC(N)(c1cccc(F)c1Br)C(F)F. The molecule has 0 aromatic heterocycles. The van der Waals surface area contributed by atoms with Gasteiger partial charge in [-0.25, -0.2) is 13.2 Å². The third-order valence-corrected chi connectivity index (χ3v) is 2.79. The van der Waals surface area contributed by atoms with E-state index in [1.807, 2.05) is 0 Å². The highest BCUT2D eigenvalue weighted by Crippen LogP contribution is 2.32. The molecule has 0 saturated heterocycles. The quantitative estimate of drug-likeness (QED) is 0.876. The molecule has 14 heavy (non-hydrogen) atoms. The van der Waals surface area contributed by atoms with Crippen molar-refractivity contribution < 1.29 is 13.2 Å². The minimum Gasteiger partial charge on any atom is -0.317 e. The Morgan fingerprint density at radius 1 is 1.43 bits per heavy atom. The van der Waals surface area contributed by atoms with E-state index in [0.717, 1.165) is 6.92 Å². The Kier molecular flexibility index (Phi) is 3.21. The van der Waals surface area contributed by atoms with Crippen LogP contribution < -0.4 is 5.73 Å². The highest BCUT2D eigenvalue weighted by atomic mass is 79.9. The molecule has 0 fully saturated rings. The molecule has 1 rings (SSSR count). The van der Waals surface area contributed by atoms with Crippen LogP contribution in [-0.2, 0) is 5.54 Å². The Labute approximate surface area is 88.2 Å². The third-order valence-electron chi connectivity index (χ3n) is 1.99. The molecular formula is C9H9BrF3N. The van der Waals surface area contributed by atoms with Crippen LogP contribution >= 0.6 is 15.9 Å². The van der Waals surface area contributed by atoms with Crippen LogP contribution in [0.25, 0.3) is 0 Å². The van der Waals surface area contributed by atoms with Crippen molar-refractivity contribution in [3.8, 4) is 0 Å². The van der Waals surface area contributed by atoms with Crippen LogP contribution in [0.2, 0.25) is 0 Å². The zero-order valence-electron chi connectivity index (χ0n) is 7.40. The summed E-state index contributed by atoms with van der Waals surface area (Å²) in [6.45, 7) is 1.16. The van der Waals surface area contributed by atoms with E-state index in [-0.39, 0.29) is 10.0 Å². The Hall–Kier alpha value is -0.550. The standard InChI is InChI=1S/C9H9BrF3N/c1-9(14,8(12)13)5-3-2-4-6(11)7(5)10/h2-4,8H,14H2,1H3. The third kappa shape index (κ3) is 1.93. The summed E-state index contributed by atoms with van der Waals surface area (Å²) >= 11 is 2.90. The molecule has 1 atom stereocenters. The van der Waals surface area contributed by atoms with E-state index >= 15 is 0 Å². The molecule has 78 valence electrons. The Balaban J connectivity index is 3.26. The van der Waals surface area contributed by atoms with Gasteiger partial charge in [0.15, 0.2) is 0 Å². The highest BCUT2D eigenvalue weighted by molar-refractivity contribution is 9.10. The largest absolute Gasteiger partial charge is 0.317 e. The smallest absolute Gasteiger partial charge is 0.260 e. The molecule has 0 aliphatic carbocycles. The Morgan fingerprint density at radius 2 is 2.00 bits per heavy atom. The Morgan fingerprint density at radius 3 is 2.50 bits per heavy atom. The van der Waals surface area contributed by atoms with Crippen LogP contribution in [-0.4, -0.2) is 6.43 Å². The van der Waals surface area contributed by atoms with E-state index in [4.69, 9.17) is 5.73 Å². The van der Waals surface area contributed by atoms with Crippen molar-refractivity contribution in [2.45, 2.75) is 18.9 Å². The van der Waals surface area contributed by atoms with Gasteiger partial charge in [0.1, 0.15) is 11.4 Å². The number of nitrogens with two attached hydrogens (primary N) is 1. The molecule has 0 saturated carbocycles. The Bertz CT molecular complexity index is 339. The predicted octanol–water partition coefficient (Wildman–Crippen LogP) is 3.03. The second kappa shape index (κ2) is 3.90. The van der Waals surface area contributed by atoms with E-state index in [1.54, 1.807) is 0 Å². The van der Waals surface area contributed by atoms with Crippen molar-refractivity contribution in [2.24, 2.45) is 5.73 Å². The van der Waals surface area contributed by atoms with Crippen molar-refractivity contribution in [2.75, 3.05) is 0 Å². The first-order chi connectivity index (χ1) is 6.37. The van der Waals surface area contributed by atoms with Gasteiger partial charge in [-0.1, -0.05) is 12.1 Å². The molecule has 0 heterocycles. The van der Waals surface area contributed by atoms with Crippen LogP contribution in [0.15, 0.2) is 22.7 Å². The number of rotatable bonds is 2. The average molecular weight is 268 g/mol. The first-order valence-corrected chi connectivity index (χ1v) is 4.68. The maximum atomic E-state index is 13.0. The van der Waals surface area contributed by atoms with E-state index in [0.29, 0.717) is 0 Å². The lowest BCUT2D eigenvalue weighted by atomic mass is 9.94. The first-order valence-electron chi connectivity index (χ1n) is 3.89. The van der Waals surface area contributed by atoms with Crippen LogP contribution in [0.4, 0.5) is 13.2 Å². The van der Waals surface area contributed by atoms with Crippen molar-refractivity contribution >= 4 is 15.9 Å². The second-order valence-corrected chi connectivity index (χ2v) is 3.98. The fraction of sp³-hybridized carbons (Fsp3) is 0.333. The van der Waals surface area contributed by atoms with Crippen molar-refractivity contribution in [3.05, 3.63) is 34.1 Å². The topological polar surface area (TPSA) is 26.0 Å². The molecule has 2 N–H and O–H groups in total. The summed E-state index contributed by atoms with van der Waals surface area (Å²) in [6.07, 6.45) is -2.75. The van der Waals surface area contributed by atoms with Crippen LogP contribution in [0, 0.1) is 5.82 Å². The van der Waals surface area contributed by atoms with Crippen LogP contribution in [0.1, 0.15) is 12.5 Å². The lowest BCUT2D eigenvalue weighted by Gasteiger charge is -2.25. The number of hydrogen-bond acceptors (Lipinski definition) is 1. The van der Waals surface area contributed by atoms with Crippen molar-refractivity contribution in [1.82, 2.24) is 0 Å². The van der Waals surface area contributed by atoms with Crippen molar-refractivity contribution in [1.29, 1.82) is 0 Å². The molecule has 0 amide bonds. The van der Waals surface area contributed by atoms with Gasteiger partial charge in [-0.3, -0.25) is 0 Å². The number of alkyl halides is 2. The van der Waals surface area contributed by atoms with E-state index < -0.39 is 17.8 Å². The summed E-state index contributed by atoms with van der Waals surface area (Å²) in [5.41, 5.74) is 3.62. The van der Waals surface area contributed by atoms with Gasteiger partial charge in [0.2, 0.25) is 0 Å². The fourth-order valence-corrected chi connectivity index (χ4v) is 1.73. The molecule has 1 nitrogen and oxygen atoms in total. The van der Waals surface area contributed by atoms with Crippen LogP contribution in [0.3, 0.4) is 0 Å². The van der Waals surface area contributed by atoms with Crippen LogP contribution in [0.5, 0.6) is 0 Å². The second-order valence-electron chi connectivity index (χ2n) is 3.18. The zero-order chi connectivity index (χ0) is 10.9. The summed E-state index contributed by atoms with van der Waals surface area (Å²) in [4.78, 5) is 0. The van der Waals surface area contributed by atoms with Crippen molar-refractivity contribution in [3.63, 3.8) is 0 Å².